The van der Waals surface area contributed by atoms with E-state index in [1.807, 2.05) is 13.0 Å². The Kier molecular flexibility index (Phi) is 3.03. The van der Waals surface area contributed by atoms with Gasteiger partial charge in [-0.3, -0.25) is 14.3 Å². The first-order chi connectivity index (χ1) is 7.66. The van der Waals surface area contributed by atoms with Gasteiger partial charge in [0.1, 0.15) is 12.3 Å². The van der Waals surface area contributed by atoms with E-state index in [0.717, 1.165) is 5.69 Å². The van der Waals surface area contributed by atoms with Crippen molar-refractivity contribution >= 4 is 11.7 Å². The lowest BCUT2D eigenvalue weighted by Gasteiger charge is -2.26. The van der Waals surface area contributed by atoms with Crippen LogP contribution in [0.5, 0.6) is 0 Å². The van der Waals surface area contributed by atoms with Crippen molar-refractivity contribution in [1.29, 1.82) is 0 Å². The fraction of sp³-hybridized carbons (Fsp3) is 0.545. The van der Waals surface area contributed by atoms with Crippen molar-refractivity contribution < 1.29 is 9.59 Å². The topological polar surface area (TPSA) is 55.2 Å². The van der Waals surface area contributed by atoms with Gasteiger partial charge < -0.3 is 4.90 Å². The van der Waals surface area contributed by atoms with Crippen LogP contribution in [0.4, 0.5) is 0 Å². The number of hydrogen-bond acceptors (Lipinski definition) is 3. The van der Waals surface area contributed by atoms with E-state index in [-0.39, 0.29) is 18.2 Å². The molecule has 0 spiro atoms. The van der Waals surface area contributed by atoms with Crippen LogP contribution in [0.1, 0.15) is 18.5 Å². The molecule has 1 aromatic rings. The molecule has 1 saturated heterocycles. The largest absolute Gasteiger partial charge is 0.340 e. The number of piperidine rings is 1. The summed E-state index contributed by atoms with van der Waals surface area (Å²) in [5, 5.41) is 4.07. The normalized spacial score (nSPS) is 16.6. The van der Waals surface area contributed by atoms with Gasteiger partial charge in [-0.05, 0) is 13.0 Å². The third-order valence-electron chi connectivity index (χ3n) is 2.89. The van der Waals surface area contributed by atoms with Gasteiger partial charge >= 0.3 is 0 Å². The monoisotopic (exact) mass is 221 g/mol. The summed E-state index contributed by atoms with van der Waals surface area (Å²) < 4.78 is 1.68. The molecule has 2 heterocycles. The molecular formula is C11H15N3O2. The van der Waals surface area contributed by atoms with Crippen molar-refractivity contribution in [3.05, 3.63) is 18.0 Å². The molecular weight excluding hydrogens is 206 g/mol. The Bertz CT molecular complexity index is 401. The van der Waals surface area contributed by atoms with E-state index >= 15 is 0 Å². The Morgan fingerprint density at radius 1 is 1.44 bits per heavy atom. The van der Waals surface area contributed by atoms with Crippen molar-refractivity contribution in [3.63, 3.8) is 0 Å². The lowest BCUT2D eigenvalue weighted by Crippen LogP contribution is -2.40. The number of Topliss-reactive ketones (excluding diaryl/α,β-unsaturated/α-hetero) is 1. The maximum Gasteiger partial charge on any atom is 0.244 e. The summed E-state index contributed by atoms with van der Waals surface area (Å²) in [5.41, 5.74) is 0.974. The Labute approximate surface area is 94.0 Å². The van der Waals surface area contributed by atoms with Crippen LogP contribution in [0.25, 0.3) is 0 Å². The van der Waals surface area contributed by atoms with E-state index in [1.54, 1.807) is 15.8 Å². The van der Waals surface area contributed by atoms with Gasteiger partial charge in [0.15, 0.2) is 0 Å². The highest BCUT2D eigenvalue weighted by Gasteiger charge is 2.21. The molecule has 1 amide bonds. The fourth-order valence-electron chi connectivity index (χ4n) is 1.80. The van der Waals surface area contributed by atoms with Crippen LogP contribution < -0.4 is 0 Å². The molecule has 2 rings (SSSR count). The smallest absolute Gasteiger partial charge is 0.244 e. The number of amides is 1. The third-order valence-corrected chi connectivity index (χ3v) is 2.89. The number of ketones is 1. The predicted octanol–water partition coefficient (Wildman–Crippen LogP) is 0.383. The van der Waals surface area contributed by atoms with Gasteiger partial charge in [-0.1, -0.05) is 0 Å². The summed E-state index contributed by atoms with van der Waals surface area (Å²) >= 11 is 0. The minimum atomic E-state index is 0.0410. The van der Waals surface area contributed by atoms with Crippen molar-refractivity contribution in [2.24, 2.45) is 0 Å². The molecule has 0 unspecified atom stereocenters. The molecule has 0 atom stereocenters. The van der Waals surface area contributed by atoms with E-state index in [2.05, 4.69) is 5.10 Å². The Hall–Kier alpha value is -1.65. The minimum Gasteiger partial charge on any atom is -0.340 e. The van der Waals surface area contributed by atoms with E-state index in [4.69, 9.17) is 0 Å². The zero-order valence-corrected chi connectivity index (χ0v) is 9.35. The second-order valence-electron chi connectivity index (χ2n) is 4.05. The van der Waals surface area contributed by atoms with Crippen molar-refractivity contribution in [1.82, 2.24) is 14.7 Å². The van der Waals surface area contributed by atoms with Crippen LogP contribution in [0.15, 0.2) is 12.3 Å². The number of hydrogen-bond donors (Lipinski definition) is 0. The maximum absolute atomic E-state index is 11.9. The van der Waals surface area contributed by atoms with Crippen molar-refractivity contribution in [3.8, 4) is 0 Å². The van der Waals surface area contributed by atoms with Gasteiger partial charge in [-0.15, -0.1) is 0 Å². The van der Waals surface area contributed by atoms with Crippen LogP contribution in [-0.4, -0.2) is 39.5 Å². The molecule has 5 nitrogen and oxygen atoms in total. The molecule has 1 aliphatic heterocycles. The SMILES string of the molecule is Cc1ccnn1CC(=O)N1CCC(=O)CC1. The van der Waals surface area contributed by atoms with E-state index in [9.17, 15) is 9.59 Å². The predicted molar refractivity (Wildman–Crippen MR) is 57.8 cm³/mol. The fourth-order valence-corrected chi connectivity index (χ4v) is 1.80. The van der Waals surface area contributed by atoms with Crippen LogP contribution in [0, 0.1) is 6.92 Å². The minimum absolute atomic E-state index is 0.0410. The first-order valence-corrected chi connectivity index (χ1v) is 5.45. The highest BCUT2D eigenvalue weighted by atomic mass is 16.2. The molecule has 0 saturated carbocycles. The van der Waals surface area contributed by atoms with Gasteiger partial charge in [0.05, 0.1) is 0 Å². The summed E-state index contributed by atoms with van der Waals surface area (Å²) in [6.45, 7) is 3.29. The van der Waals surface area contributed by atoms with Gasteiger partial charge in [0.2, 0.25) is 5.91 Å². The first kappa shape index (κ1) is 10.9. The van der Waals surface area contributed by atoms with Crippen LogP contribution >= 0.6 is 0 Å². The van der Waals surface area contributed by atoms with Crippen molar-refractivity contribution in [2.75, 3.05) is 13.1 Å². The highest BCUT2D eigenvalue weighted by Crippen LogP contribution is 2.07. The standard InChI is InChI=1S/C11H15N3O2/c1-9-2-5-12-14(9)8-11(16)13-6-3-10(15)4-7-13/h2,5H,3-4,6-8H2,1H3. The van der Waals surface area contributed by atoms with Crippen molar-refractivity contribution in [2.45, 2.75) is 26.3 Å². The van der Waals surface area contributed by atoms with Gasteiger partial charge in [-0.2, -0.15) is 5.10 Å². The molecule has 0 N–H and O–H groups in total. The molecule has 5 heteroatoms. The molecule has 16 heavy (non-hydrogen) atoms. The molecule has 1 aliphatic rings. The summed E-state index contributed by atoms with van der Waals surface area (Å²) in [6, 6.07) is 1.87. The number of rotatable bonds is 2. The zero-order valence-electron chi connectivity index (χ0n) is 9.35. The summed E-state index contributed by atoms with van der Waals surface area (Å²) in [7, 11) is 0. The molecule has 0 bridgehead atoms. The number of carbonyl (C=O) groups is 2. The van der Waals surface area contributed by atoms with Gasteiger partial charge in [0.25, 0.3) is 0 Å². The van der Waals surface area contributed by atoms with Crippen LogP contribution in [0.2, 0.25) is 0 Å². The number of nitrogens with zero attached hydrogens (tertiary/aromatic N) is 3. The second kappa shape index (κ2) is 4.47. The molecule has 1 aromatic heterocycles. The second-order valence-corrected chi connectivity index (χ2v) is 4.05. The molecule has 0 radical (unpaired) electrons. The number of aryl methyl sites for hydroxylation is 1. The summed E-state index contributed by atoms with van der Waals surface area (Å²) in [5.74, 6) is 0.290. The lowest BCUT2D eigenvalue weighted by atomic mass is 10.1. The number of carbonyl (C=O) groups excluding carboxylic acids is 2. The van der Waals surface area contributed by atoms with E-state index < -0.39 is 0 Å². The quantitative estimate of drug-likeness (QED) is 0.725. The average molecular weight is 221 g/mol. The average Bonchev–Trinajstić information content (AvgIpc) is 2.65. The first-order valence-electron chi connectivity index (χ1n) is 5.45. The third kappa shape index (κ3) is 2.29. The molecule has 0 aliphatic carbocycles. The van der Waals surface area contributed by atoms with Crippen LogP contribution in [-0.2, 0) is 16.1 Å². The maximum atomic E-state index is 11.9. The highest BCUT2D eigenvalue weighted by molar-refractivity contribution is 5.83. The van der Waals surface area contributed by atoms with Crippen LogP contribution in [0.3, 0.4) is 0 Å². The molecule has 86 valence electrons. The number of likely N-dealkylation sites (tertiary alicyclic amines) is 1. The van der Waals surface area contributed by atoms with Gasteiger partial charge in [-0.25, -0.2) is 0 Å². The Morgan fingerprint density at radius 3 is 2.69 bits per heavy atom. The number of aromatic nitrogens is 2. The Balaban J connectivity index is 1.93. The Morgan fingerprint density at radius 2 is 2.12 bits per heavy atom. The van der Waals surface area contributed by atoms with Gasteiger partial charge in [0, 0.05) is 37.8 Å². The summed E-state index contributed by atoms with van der Waals surface area (Å²) in [4.78, 5) is 24.7. The lowest BCUT2D eigenvalue weighted by molar-refractivity contribution is -0.135. The zero-order chi connectivity index (χ0) is 11.5. The molecule has 0 aromatic carbocycles. The summed E-state index contributed by atoms with van der Waals surface area (Å²) in [6.07, 6.45) is 2.66. The van der Waals surface area contributed by atoms with E-state index in [0.29, 0.717) is 25.9 Å². The van der Waals surface area contributed by atoms with E-state index in [1.165, 1.54) is 0 Å². The molecule has 1 fully saturated rings.